The first-order chi connectivity index (χ1) is 13.1. The van der Waals surface area contributed by atoms with Gasteiger partial charge in [0.15, 0.2) is 5.96 Å². The van der Waals surface area contributed by atoms with Crippen LogP contribution in [0.4, 0.5) is 4.79 Å². The van der Waals surface area contributed by atoms with Crippen LogP contribution in [0, 0.1) is 0 Å². The molecule has 8 heteroatoms. The lowest BCUT2D eigenvalue weighted by atomic mass is 10.1. The fourth-order valence-corrected chi connectivity index (χ4v) is 2.86. The molecule has 8 nitrogen and oxygen atoms in total. The van der Waals surface area contributed by atoms with Crippen LogP contribution < -0.4 is 10.6 Å². The van der Waals surface area contributed by atoms with E-state index in [0.29, 0.717) is 45.3 Å². The van der Waals surface area contributed by atoms with Gasteiger partial charge in [0.05, 0.1) is 13.2 Å². The monoisotopic (exact) mass is 375 g/mol. The number of rotatable bonds is 6. The molecule has 0 saturated carbocycles. The number of piperazine rings is 1. The number of hydrogen-bond acceptors (Lipinski definition) is 4. The summed E-state index contributed by atoms with van der Waals surface area (Å²) in [4.78, 5) is 31.7. The quantitative estimate of drug-likeness (QED) is 0.565. The Balaban J connectivity index is 1.68. The summed E-state index contributed by atoms with van der Waals surface area (Å²) in [6, 6.07) is 10.0. The lowest BCUT2D eigenvalue weighted by molar-refractivity contribution is -0.120. The van der Waals surface area contributed by atoms with Crippen molar-refractivity contribution in [3.63, 3.8) is 0 Å². The van der Waals surface area contributed by atoms with Gasteiger partial charge in [-0.25, -0.2) is 4.79 Å². The fraction of sp³-hybridized carbons (Fsp3) is 0.526. The van der Waals surface area contributed by atoms with Crippen molar-refractivity contribution < 1.29 is 14.3 Å². The van der Waals surface area contributed by atoms with E-state index in [-0.39, 0.29) is 18.5 Å². The van der Waals surface area contributed by atoms with E-state index in [1.807, 2.05) is 35.2 Å². The third-order valence-electron chi connectivity index (χ3n) is 4.30. The van der Waals surface area contributed by atoms with Crippen LogP contribution in [-0.4, -0.2) is 80.7 Å². The molecule has 2 rings (SSSR count). The van der Waals surface area contributed by atoms with Gasteiger partial charge < -0.3 is 25.2 Å². The summed E-state index contributed by atoms with van der Waals surface area (Å²) in [5, 5.41) is 5.99. The van der Waals surface area contributed by atoms with Gasteiger partial charge in [0, 0.05) is 39.8 Å². The first-order valence-corrected chi connectivity index (χ1v) is 9.32. The minimum atomic E-state index is -0.280. The summed E-state index contributed by atoms with van der Waals surface area (Å²) < 4.78 is 5.02. The zero-order valence-electron chi connectivity index (χ0n) is 16.1. The van der Waals surface area contributed by atoms with E-state index in [2.05, 4.69) is 15.6 Å². The zero-order chi connectivity index (χ0) is 19.5. The van der Waals surface area contributed by atoms with Crippen LogP contribution in [0.1, 0.15) is 12.5 Å². The van der Waals surface area contributed by atoms with Gasteiger partial charge in [0.25, 0.3) is 0 Å². The van der Waals surface area contributed by atoms with E-state index in [0.717, 1.165) is 6.42 Å². The van der Waals surface area contributed by atoms with Crippen LogP contribution in [0.2, 0.25) is 0 Å². The molecular weight excluding hydrogens is 346 g/mol. The largest absolute Gasteiger partial charge is 0.450 e. The third-order valence-corrected chi connectivity index (χ3v) is 4.30. The molecule has 1 aromatic rings. The van der Waals surface area contributed by atoms with Gasteiger partial charge in [-0.1, -0.05) is 30.3 Å². The SMILES string of the molecule is CCOC(=O)N1CCN(C(=NC)NCC(=O)NCCc2ccccc2)CC1. The molecule has 1 aliphatic rings. The van der Waals surface area contributed by atoms with Crippen LogP contribution in [0.25, 0.3) is 0 Å². The molecular formula is C19H29N5O3. The van der Waals surface area contributed by atoms with Gasteiger partial charge in [-0.05, 0) is 18.9 Å². The molecule has 1 fully saturated rings. The van der Waals surface area contributed by atoms with Crippen LogP contribution in [0.15, 0.2) is 35.3 Å². The van der Waals surface area contributed by atoms with E-state index < -0.39 is 0 Å². The summed E-state index contributed by atoms with van der Waals surface area (Å²) in [5.41, 5.74) is 1.20. The molecule has 148 valence electrons. The molecule has 0 radical (unpaired) electrons. The minimum absolute atomic E-state index is 0.0720. The number of nitrogens with one attached hydrogen (secondary N) is 2. The highest BCUT2D eigenvalue weighted by Gasteiger charge is 2.23. The summed E-state index contributed by atoms with van der Waals surface area (Å²) in [5.74, 6) is 0.592. The standard InChI is InChI=1S/C19H29N5O3/c1-3-27-19(26)24-13-11-23(12-14-24)18(20-2)22-15-17(25)21-10-9-16-7-5-4-6-8-16/h4-8H,3,9-15H2,1-2H3,(H,20,22)(H,21,25). The summed E-state index contributed by atoms with van der Waals surface area (Å²) in [7, 11) is 1.69. The molecule has 1 aromatic carbocycles. The molecule has 0 aliphatic carbocycles. The second-order valence-corrected chi connectivity index (χ2v) is 6.16. The Morgan fingerprint density at radius 2 is 1.74 bits per heavy atom. The maximum Gasteiger partial charge on any atom is 0.409 e. The molecule has 2 N–H and O–H groups in total. The molecule has 0 atom stereocenters. The molecule has 0 aromatic heterocycles. The van der Waals surface area contributed by atoms with Crippen LogP contribution >= 0.6 is 0 Å². The van der Waals surface area contributed by atoms with Crippen molar-refractivity contribution in [2.75, 3.05) is 52.9 Å². The molecule has 1 aliphatic heterocycles. The predicted octanol–water partition coefficient (Wildman–Crippen LogP) is 0.695. The second kappa shape index (κ2) is 11.1. The molecule has 0 unspecified atom stereocenters. The number of amides is 2. The van der Waals surface area contributed by atoms with Crippen molar-refractivity contribution in [3.05, 3.63) is 35.9 Å². The average Bonchev–Trinajstić information content (AvgIpc) is 2.70. The van der Waals surface area contributed by atoms with E-state index in [1.54, 1.807) is 18.9 Å². The van der Waals surface area contributed by atoms with Crippen LogP contribution in [-0.2, 0) is 16.0 Å². The normalized spacial score (nSPS) is 14.7. The number of carbonyl (C=O) groups is 2. The number of carbonyl (C=O) groups excluding carboxylic acids is 2. The summed E-state index contributed by atoms with van der Waals surface area (Å²) >= 11 is 0. The van der Waals surface area contributed by atoms with Crippen LogP contribution in [0.3, 0.4) is 0 Å². The molecule has 1 heterocycles. The highest BCUT2D eigenvalue weighted by Crippen LogP contribution is 2.04. The number of benzene rings is 1. The van der Waals surface area contributed by atoms with Gasteiger partial charge in [-0.2, -0.15) is 0 Å². The number of nitrogens with zero attached hydrogens (tertiary/aromatic N) is 3. The molecule has 0 bridgehead atoms. The van der Waals surface area contributed by atoms with Gasteiger partial charge in [0.1, 0.15) is 0 Å². The van der Waals surface area contributed by atoms with E-state index in [1.165, 1.54) is 5.56 Å². The summed E-state index contributed by atoms with van der Waals surface area (Å²) in [6.07, 6.45) is 0.523. The van der Waals surface area contributed by atoms with E-state index in [4.69, 9.17) is 4.74 Å². The third kappa shape index (κ3) is 6.80. The van der Waals surface area contributed by atoms with Crippen molar-refractivity contribution in [1.29, 1.82) is 0 Å². The lowest BCUT2D eigenvalue weighted by Crippen LogP contribution is -2.54. The van der Waals surface area contributed by atoms with Crippen molar-refractivity contribution in [2.24, 2.45) is 4.99 Å². The molecule has 0 spiro atoms. The Hall–Kier alpha value is -2.77. The Kier molecular flexibility index (Phi) is 8.41. The van der Waals surface area contributed by atoms with Gasteiger partial charge in [0.2, 0.25) is 5.91 Å². The topological polar surface area (TPSA) is 86.3 Å². The maximum atomic E-state index is 12.0. The van der Waals surface area contributed by atoms with Crippen molar-refractivity contribution in [1.82, 2.24) is 20.4 Å². The Bertz CT molecular complexity index is 627. The highest BCUT2D eigenvalue weighted by atomic mass is 16.6. The fourth-order valence-electron chi connectivity index (χ4n) is 2.86. The first-order valence-electron chi connectivity index (χ1n) is 9.32. The van der Waals surface area contributed by atoms with Crippen LogP contribution in [0.5, 0.6) is 0 Å². The average molecular weight is 375 g/mol. The van der Waals surface area contributed by atoms with E-state index in [9.17, 15) is 9.59 Å². The van der Waals surface area contributed by atoms with Gasteiger partial charge in [-0.3, -0.25) is 9.79 Å². The Morgan fingerprint density at radius 1 is 1.07 bits per heavy atom. The predicted molar refractivity (Wildman–Crippen MR) is 105 cm³/mol. The Labute approximate surface area is 160 Å². The number of ether oxygens (including phenoxy) is 1. The van der Waals surface area contributed by atoms with Crippen molar-refractivity contribution >= 4 is 18.0 Å². The lowest BCUT2D eigenvalue weighted by Gasteiger charge is -2.35. The van der Waals surface area contributed by atoms with Gasteiger partial charge in [-0.15, -0.1) is 0 Å². The molecule has 2 amide bonds. The second-order valence-electron chi connectivity index (χ2n) is 6.16. The number of guanidine groups is 1. The maximum absolute atomic E-state index is 12.0. The number of hydrogen-bond donors (Lipinski definition) is 2. The minimum Gasteiger partial charge on any atom is -0.450 e. The first kappa shape index (κ1) is 20.5. The van der Waals surface area contributed by atoms with Gasteiger partial charge >= 0.3 is 6.09 Å². The van der Waals surface area contributed by atoms with E-state index >= 15 is 0 Å². The number of aliphatic imine (C=N–C) groups is 1. The zero-order valence-corrected chi connectivity index (χ0v) is 16.1. The smallest absolute Gasteiger partial charge is 0.409 e. The van der Waals surface area contributed by atoms with Crippen molar-refractivity contribution in [2.45, 2.75) is 13.3 Å². The highest BCUT2D eigenvalue weighted by molar-refractivity contribution is 5.86. The van der Waals surface area contributed by atoms with Crippen molar-refractivity contribution in [3.8, 4) is 0 Å². The molecule has 1 saturated heterocycles. The molecule has 27 heavy (non-hydrogen) atoms. The Morgan fingerprint density at radius 3 is 2.37 bits per heavy atom. The summed E-state index contributed by atoms with van der Waals surface area (Å²) in [6.45, 7) is 5.38.